The summed E-state index contributed by atoms with van der Waals surface area (Å²) in [6.45, 7) is 0.383. The minimum absolute atomic E-state index is 0.128. The van der Waals surface area contributed by atoms with E-state index in [9.17, 15) is 23.1 Å². The molecule has 0 aliphatic carbocycles. The first-order valence-corrected chi connectivity index (χ1v) is 6.96. The Hall–Kier alpha value is -1.96. The van der Waals surface area contributed by atoms with Crippen LogP contribution in [-0.4, -0.2) is 46.3 Å². The van der Waals surface area contributed by atoms with Gasteiger partial charge in [0, 0.05) is 25.2 Å². The lowest BCUT2D eigenvalue weighted by atomic mass is 9.91. The molecule has 0 bridgehead atoms. The number of carbonyl (C=O) groups excluding carboxylic acids is 1. The third-order valence-electron chi connectivity index (χ3n) is 4.08. The fourth-order valence-electron chi connectivity index (χ4n) is 2.82. The average Bonchev–Trinajstić information content (AvgIpc) is 3.06. The van der Waals surface area contributed by atoms with Crippen LogP contribution in [0.3, 0.4) is 0 Å². The number of nitrogens with zero attached hydrogens (tertiary/aromatic N) is 1. The van der Waals surface area contributed by atoms with Crippen molar-refractivity contribution in [2.24, 2.45) is 5.92 Å². The van der Waals surface area contributed by atoms with Crippen LogP contribution < -0.4 is 0 Å². The fourth-order valence-corrected chi connectivity index (χ4v) is 2.82. The molecule has 2 aromatic heterocycles. The molecule has 1 unspecified atom stereocenters. The molecule has 0 saturated carbocycles. The molecule has 3 rings (SSSR count). The maximum atomic E-state index is 12.5. The van der Waals surface area contributed by atoms with E-state index in [4.69, 9.17) is 4.42 Å². The number of hydrogen-bond acceptors (Lipinski definition) is 3. The number of aromatic nitrogens is 1. The first-order chi connectivity index (χ1) is 10.4. The number of aliphatic hydroxyl groups excluding tert-OH is 1. The number of amides is 1. The molecule has 5 nitrogen and oxygen atoms in total. The zero-order valence-corrected chi connectivity index (χ0v) is 11.6. The van der Waals surface area contributed by atoms with E-state index in [-0.39, 0.29) is 31.8 Å². The lowest BCUT2D eigenvalue weighted by molar-refractivity contribution is -0.222. The van der Waals surface area contributed by atoms with Gasteiger partial charge in [0.05, 0.1) is 11.8 Å². The Morgan fingerprint density at radius 2 is 2.09 bits per heavy atom. The van der Waals surface area contributed by atoms with Crippen LogP contribution in [0.1, 0.15) is 23.3 Å². The number of fused-ring (bicyclic) bond motifs is 1. The summed E-state index contributed by atoms with van der Waals surface area (Å²) in [5.41, 5.74) is 1.61. The summed E-state index contributed by atoms with van der Waals surface area (Å²) in [6.07, 6.45) is -5.18. The van der Waals surface area contributed by atoms with Crippen molar-refractivity contribution < 1.29 is 27.5 Å². The van der Waals surface area contributed by atoms with Crippen LogP contribution in [-0.2, 0) is 0 Å². The van der Waals surface area contributed by atoms with E-state index in [2.05, 4.69) is 4.98 Å². The van der Waals surface area contributed by atoms with E-state index in [1.807, 2.05) is 0 Å². The van der Waals surface area contributed by atoms with Crippen molar-refractivity contribution in [2.45, 2.75) is 25.1 Å². The van der Waals surface area contributed by atoms with Crippen LogP contribution in [0.25, 0.3) is 11.1 Å². The Morgan fingerprint density at radius 3 is 2.68 bits per heavy atom. The summed E-state index contributed by atoms with van der Waals surface area (Å²) in [5, 5.41) is 9.27. The average molecular weight is 316 g/mol. The summed E-state index contributed by atoms with van der Waals surface area (Å²) in [5.74, 6) is -1.13. The highest BCUT2D eigenvalue weighted by atomic mass is 19.4. The van der Waals surface area contributed by atoms with Crippen LogP contribution in [0.2, 0.25) is 0 Å². The van der Waals surface area contributed by atoms with Crippen LogP contribution in [0.4, 0.5) is 13.2 Å². The molecule has 0 radical (unpaired) electrons. The molecule has 1 fully saturated rings. The molecule has 1 atom stereocenters. The summed E-state index contributed by atoms with van der Waals surface area (Å²) >= 11 is 0. The van der Waals surface area contributed by atoms with Gasteiger partial charge in [0.2, 0.25) is 0 Å². The predicted octanol–water partition coefficient (Wildman–Crippen LogP) is 2.54. The van der Waals surface area contributed by atoms with Gasteiger partial charge in [-0.15, -0.1) is 0 Å². The first kappa shape index (κ1) is 15.0. The van der Waals surface area contributed by atoms with Crippen molar-refractivity contribution in [3.8, 4) is 0 Å². The van der Waals surface area contributed by atoms with Crippen LogP contribution in [0.5, 0.6) is 0 Å². The number of rotatable bonds is 2. The molecule has 1 amide bonds. The van der Waals surface area contributed by atoms with E-state index in [0.717, 1.165) is 0 Å². The summed E-state index contributed by atoms with van der Waals surface area (Å²) in [7, 11) is 0. The van der Waals surface area contributed by atoms with Gasteiger partial charge >= 0.3 is 6.18 Å². The fraction of sp³-hybridized carbons (Fsp3) is 0.500. The van der Waals surface area contributed by atoms with Crippen molar-refractivity contribution in [1.29, 1.82) is 0 Å². The predicted molar refractivity (Wildman–Crippen MR) is 71.3 cm³/mol. The lowest BCUT2D eigenvalue weighted by Gasteiger charge is -2.34. The number of carbonyl (C=O) groups is 1. The second kappa shape index (κ2) is 5.35. The van der Waals surface area contributed by atoms with E-state index in [0.29, 0.717) is 16.8 Å². The maximum absolute atomic E-state index is 12.5. The Kier molecular flexibility index (Phi) is 3.64. The van der Waals surface area contributed by atoms with Crippen LogP contribution in [0.15, 0.2) is 22.8 Å². The molecule has 1 aliphatic rings. The number of halogens is 3. The number of piperidine rings is 1. The summed E-state index contributed by atoms with van der Waals surface area (Å²) in [4.78, 5) is 16.7. The minimum Gasteiger partial charge on any atom is -0.463 e. The third-order valence-corrected chi connectivity index (χ3v) is 4.08. The van der Waals surface area contributed by atoms with Gasteiger partial charge in [-0.3, -0.25) is 4.79 Å². The highest BCUT2D eigenvalue weighted by molar-refractivity contribution is 5.96. The van der Waals surface area contributed by atoms with E-state index in [1.165, 1.54) is 11.2 Å². The number of furan rings is 1. The number of aliphatic hydroxyl groups is 1. The monoisotopic (exact) mass is 316 g/mol. The summed E-state index contributed by atoms with van der Waals surface area (Å²) in [6, 6.07) is 3.27. The number of nitrogens with one attached hydrogen (secondary N) is 1. The van der Waals surface area contributed by atoms with Gasteiger partial charge in [0.25, 0.3) is 5.91 Å². The van der Waals surface area contributed by atoms with Crippen molar-refractivity contribution in [3.05, 3.63) is 24.1 Å². The first-order valence-electron chi connectivity index (χ1n) is 6.96. The van der Waals surface area contributed by atoms with Gasteiger partial charge in [0.1, 0.15) is 5.69 Å². The Labute approximate surface area is 123 Å². The quantitative estimate of drug-likeness (QED) is 0.894. The zero-order chi connectivity index (χ0) is 15.9. The van der Waals surface area contributed by atoms with E-state index >= 15 is 0 Å². The molecule has 2 aromatic rings. The van der Waals surface area contributed by atoms with Gasteiger partial charge in [-0.1, -0.05) is 0 Å². The van der Waals surface area contributed by atoms with Crippen molar-refractivity contribution in [3.63, 3.8) is 0 Å². The maximum Gasteiger partial charge on any atom is 0.414 e. The standard InChI is InChI=1S/C14H15F3N2O3/c15-14(16,17)12(20)8-1-4-19(5-2-8)13(21)10-7-11-9(18-10)3-6-22-11/h3,6-8,12,18,20H,1-2,4-5H2. The highest BCUT2D eigenvalue weighted by Crippen LogP contribution is 2.32. The molecule has 120 valence electrons. The van der Waals surface area contributed by atoms with Crippen LogP contribution >= 0.6 is 0 Å². The molecule has 0 aromatic carbocycles. The Morgan fingerprint density at radius 1 is 1.41 bits per heavy atom. The Balaban J connectivity index is 1.63. The molecule has 3 heterocycles. The van der Waals surface area contributed by atoms with Crippen LogP contribution in [0, 0.1) is 5.92 Å². The van der Waals surface area contributed by atoms with E-state index < -0.39 is 18.2 Å². The largest absolute Gasteiger partial charge is 0.463 e. The molecule has 2 N–H and O–H groups in total. The smallest absolute Gasteiger partial charge is 0.414 e. The van der Waals surface area contributed by atoms with Gasteiger partial charge in [-0.25, -0.2) is 0 Å². The topological polar surface area (TPSA) is 69.5 Å². The SMILES string of the molecule is O=C(c1cc2occc2[nH]1)N1CCC(C(O)C(F)(F)F)CC1. The Bertz CT molecular complexity index is 640. The third kappa shape index (κ3) is 2.70. The summed E-state index contributed by atoms with van der Waals surface area (Å²) < 4.78 is 42.6. The van der Waals surface area contributed by atoms with Crippen molar-refractivity contribution >= 4 is 17.0 Å². The minimum atomic E-state index is -4.61. The second-order valence-electron chi connectivity index (χ2n) is 5.50. The molecule has 0 spiro atoms. The van der Waals surface area contributed by atoms with E-state index in [1.54, 1.807) is 12.1 Å². The number of alkyl halides is 3. The molecular formula is C14H15F3N2O3. The highest BCUT2D eigenvalue weighted by Gasteiger charge is 2.44. The second-order valence-corrected chi connectivity index (χ2v) is 5.50. The number of aromatic amines is 1. The molecule has 1 aliphatic heterocycles. The van der Waals surface area contributed by atoms with Gasteiger partial charge in [-0.2, -0.15) is 13.2 Å². The molecular weight excluding hydrogens is 301 g/mol. The number of hydrogen-bond donors (Lipinski definition) is 2. The zero-order valence-electron chi connectivity index (χ0n) is 11.6. The molecule has 1 saturated heterocycles. The molecule has 22 heavy (non-hydrogen) atoms. The van der Waals surface area contributed by atoms with Gasteiger partial charge in [-0.05, 0) is 18.8 Å². The van der Waals surface area contributed by atoms with Crippen molar-refractivity contribution in [2.75, 3.05) is 13.1 Å². The lowest BCUT2D eigenvalue weighted by Crippen LogP contribution is -2.45. The number of H-pyrrole nitrogens is 1. The molecule has 8 heteroatoms. The normalized spacial score (nSPS) is 18.8. The van der Waals surface area contributed by atoms with Gasteiger partial charge < -0.3 is 19.4 Å². The van der Waals surface area contributed by atoms with Gasteiger partial charge in [0.15, 0.2) is 11.7 Å². The van der Waals surface area contributed by atoms with Crippen molar-refractivity contribution in [1.82, 2.24) is 9.88 Å². The number of likely N-dealkylation sites (tertiary alicyclic amines) is 1.